The van der Waals surface area contributed by atoms with Crippen LogP contribution in [0.5, 0.6) is 5.75 Å². The van der Waals surface area contributed by atoms with E-state index in [1.165, 1.54) is 14.0 Å². The standard InChI is InChI=1S/C19H25N3O6/c1-12(16(24)20-13-8-5-6-9-14(13)27-4)28-15(23)10-7-11-22-17(25)19(2,3)21-18(22)26/h5-6,8-9,12H,7,10-11H2,1-4H3,(H,20,24)(H,21,26)/t12-/m1/s1. The number of carbonyl (C=O) groups is 4. The first-order valence-corrected chi connectivity index (χ1v) is 8.93. The second kappa shape index (κ2) is 8.73. The molecule has 1 aliphatic rings. The lowest BCUT2D eigenvalue weighted by Crippen LogP contribution is -2.40. The highest BCUT2D eigenvalue weighted by Crippen LogP contribution is 2.23. The van der Waals surface area contributed by atoms with Crippen molar-refractivity contribution in [2.45, 2.75) is 45.3 Å². The minimum atomic E-state index is -1.01. The van der Waals surface area contributed by atoms with Crippen molar-refractivity contribution in [3.05, 3.63) is 24.3 Å². The highest BCUT2D eigenvalue weighted by molar-refractivity contribution is 6.06. The van der Waals surface area contributed by atoms with Gasteiger partial charge < -0.3 is 20.1 Å². The van der Waals surface area contributed by atoms with Crippen LogP contribution in [0.15, 0.2) is 24.3 Å². The van der Waals surface area contributed by atoms with E-state index in [1.54, 1.807) is 38.1 Å². The molecule has 1 atom stereocenters. The number of hydrogen-bond acceptors (Lipinski definition) is 6. The van der Waals surface area contributed by atoms with Crippen LogP contribution in [-0.4, -0.2) is 54.0 Å². The molecule has 152 valence electrons. The molecule has 1 fully saturated rings. The molecule has 0 aliphatic carbocycles. The van der Waals surface area contributed by atoms with Gasteiger partial charge in [0.1, 0.15) is 11.3 Å². The summed E-state index contributed by atoms with van der Waals surface area (Å²) in [6, 6.07) is 6.40. The number of anilines is 1. The van der Waals surface area contributed by atoms with Crippen LogP contribution in [0.1, 0.15) is 33.6 Å². The molecule has 28 heavy (non-hydrogen) atoms. The van der Waals surface area contributed by atoms with Crippen molar-refractivity contribution in [3.8, 4) is 5.75 Å². The largest absolute Gasteiger partial charge is 0.495 e. The third kappa shape index (κ3) is 4.99. The van der Waals surface area contributed by atoms with Crippen molar-refractivity contribution < 1.29 is 28.7 Å². The Balaban J connectivity index is 1.78. The Morgan fingerprint density at radius 1 is 1.25 bits per heavy atom. The van der Waals surface area contributed by atoms with Crippen molar-refractivity contribution in [3.63, 3.8) is 0 Å². The number of carbonyl (C=O) groups excluding carboxylic acids is 4. The Morgan fingerprint density at radius 2 is 1.93 bits per heavy atom. The van der Waals surface area contributed by atoms with E-state index < -0.39 is 29.6 Å². The SMILES string of the molecule is COc1ccccc1NC(=O)[C@@H](C)OC(=O)CCCN1C(=O)NC(C)(C)C1=O. The van der Waals surface area contributed by atoms with Gasteiger partial charge in [-0.3, -0.25) is 19.3 Å². The summed E-state index contributed by atoms with van der Waals surface area (Å²) in [6.45, 7) is 4.79. The van der Waals surface area contributed by atoms with Gasteiger partial charge in [0.25, 0.3) is 11.8 Å². The van der Waals surface area contributed by atoms with Crippen LogP contribution in [0.2, 0.25) is 0 Å². The van der Waals surface area contributed by atoms with E-state index >= 15 is 0 Å². The molecule has 2 rings (SSSR count). The van der Waals surface area contributed by atoms with Gasteiger partial charge in [-0.2, -0.15) is 0 Å². The van der Waals surface area contributed by atoms with Crippen molar-refractivity contribution in [2.75, 3.05) is 19.0 Å². The van der Waals surface area contributed by atoms with Gasteiger partial charge in [0.2, 0.25) is 0 Å². The summed E-state index contributed by atoms with van der Waals surface area (Å²) >= 11 is 0. The topological polar surface area (TPSA) is 114 Å². The maximum Gasteiger partial charge on any atom is 0.325 e. The molecule has 0 radical (unpaired) electrons. The van der Waals surface area contributed by atoms with E-state index in [1.807, 2.05) is 0 Å². The lowest BCUT2D eigenvalue weighted by Gasteiger charge is -2.17. The summed E-state index contributed by atoms with van der Waals surface area (Å²) in [5.41, 5.74) is -0.470. The van der Waals surface area contributed by atoms with Crippen LogP contribution < -0.4 is 15.4 Å². The Hall–Kier alpha value is -3.10. The minimum Gasteiger partial charge on any atom is -0.495 e. The molecule has 1 aliphatic heterocycles. The number of para-hydroxylation sites is 2. The first kappa shape index (κ1) is 21.2. The average molecular weight is 391 g/mol. The zero-order chi connectivity index (χ0) is 20.9. The Kier molecular flexibility index (Phi) is 6.61. The molecule has 1 saturated heterocycles. The number of esters is 1. The first-order valence-electron chi connectivity index (χ1n) is 8.93. The van der Waals surface area contributed by atoms with Gasteiger partial charge in [-0.1, -0.05) is 12.1 Å². The Bertz CT molecular complexity index is 777. The number of rotatable bonds is 8. The smallest absolute Gasteiger partial charge is 0.325 e. The predicted molar refractivity (Wildman–Crippen MR) is 101 cm³/mol. The normalized spacial score (nSPS) is 16.4. The third-order valence-electron chi connectivity index (χ3n) is 4.25. The third-order valence-corrected chi connectivity index (χ3v) is 4.25. The molecule has 0 unspecified atom stereocenters. The minimum absolute atomic E-state index is 0.0240. The maximum absolute atomic E-state index is 12.2. The summed E-state index contributed by atoms with van der Waals surface area (Å²) in [5, 5.41) is 5.21. The van der Waals surface area contributed by atoms with Gasteiger partial charge in [-0.15, -0.1) is 0 Å². The van der Waals surface area contributed by atoms with E-state index in [0.29, 0.717) is 11.4 Å². The van der Waals surface area contributed by atoms with Crippen molar-refractivity contribution in [1.82, 2.24) is 10.2 Å². The summed E-state index contributed by atoms with van der Waals surface area (Å²) in [7, 11) is 1.49. The van der Waals surface area contributed by atoms with Gasteiger partial charge in [0, 0.05) is 13.0 Å². The average Bonchev–Trinajstić information content (AvgIpc) is 2.83. The van der Waals surface area contributed by atoms with Crippen LogP contribution in [-0.2, 0) is 19.1 Å². The quantitative estimate of drug-likeness (QED) is 0.515. The lowest BCUT2D eigenvalue weighted by molar-refractivity contribution is -0.153. The molecule has 0 aromatic heterocycles. The molecule has 9 nitrogen and oxygen atoms in total. The van der Waals surface area contributed by atoms with Gasteiger partial charge >= 0.3 is 12.0 Å². The predicted octanol–water partition coefficient (Wildman–Crippen LogP) is 1.68. The molecular formula is C19H25N3O6. The fraction of sp³-hybridized carbons (Fsp3) is 0.474. The Morgan fingerprint density at radius 3 is 2.54 bits per heavy atom. The van der Waals surface area contributed by atoms with Crippen molar-refractivity contribution >= 4 is 29.5 Å². The highest BCUT2D eigenvalue weighted by atomic mass is 16.5. The van der Waals surface area contributed by atoms with Crippen LogP contribution in [0.4, 0.5) is 10.5 Å². The fourth-order valence-electron chi connectivity index (χ4n) is 2.69. The molecule has 0 spiro atoms. The van der Waals surface area contributed by atoms with E-state index in [0.717, 1.165) is 4.90 Å². The number of nitrogens with zero attached hydrogens (tertiary/aromatic N) is 1. The summed E-state index contributed by atoms with van der Waals surface area (Å²) in [5.74, 6) is -0.927. The number of methoxy groups -OCH3 is 1. The number of nitrogens with one attached hydrogen (secondary N) is 2. The van der Waals surface area contributed by atoms with Gasteiger partial charge in [-0.05, 0) is 39.3 Å². The Labute approximate surface area is 163 Å². The second-order valence-electron chi connectivity index (χ2n) is 6.94. The molecule has 4 amide bonds. The second-order valence-corrected chi connectivity index (χ2v) is 6.94. The first-order chi connectivity index (χ1) is 13.2. The van der Waals surface area contributed by atoms with Crippen LogP contribution in [0, 0.1) is 0 Å². The van der Waals surface area contributed by atoms with Gasteiger partial charge in [0.15, 0.2) is 6.10 Å². The van der Waals surface area contributed by atoms with E-state index in [2.05, 4.69) is 10.6 Å². The fourth-order valence-corrected chi connectivity index (χ4v) is 2.69. The number of urea groups is 1. The number of imide groups is 1. The molecule has 0 bridgehead atoms. The van der Waals surface area contributed by atoms with Crippen LogP contribution in [0.25, 0.3) is 0 Å². The zero-order valence-electron chi connectivity index (χ0n) is 16.4. The summed E-state index contributed by atoms with van der Waals surface area (Å²) < 4.78 is 10.3. The van der Waals surface area contributed by atoms with Crippen LogP contribution in [0.3, 0.4) is 0 Å². The monoisotopic (exact) mass is 391 g/mol. The number of benzene rings is 1. The number of hydrogen-bond donors (Lipinski definition) is 2. The summed E-state index contributed by atoms with van der Waals surface area (Å²) in [4.78, 5) is 49.1. The van der Waals surface area contributed by atoms with Crippen LogP contribution >= 0.6 is 0 Å². The molecule has 2 N–H and O–H groups in total. The van der Waals surface area contributed by atoms with Crippen molar-refractivity contribution in [2.24, 2.45) is 0 Å². The number of ether oxygens (including phenoxy) is 2. The molecule has 1 aromatic carbocycles. The van der Waals surface area contributed by atoms with Crippen molar-refractivity contribution in [1.29, 1.82) is 0 Å². The maximum atomic E-state index is 12.2. The van der Waals surface area contributed by atoms with Gasteiger partial charge in [-0.25, -0.2) is 4.79 Å². The molecule has 1 aromatic rings. The summed E-state index contributed by atoms with van der Waals surface area (Å²) in [6.07, 6.45) is -0.786. The molecular weight excluding hydrogens is 366 g/mol. The van der Waals surface area contributed by atoms with E-state index in [-0.39, 0.29) is 25.3 Å². The molecule has 0 saturated carbocycles. The van der Waals surface area contributed by atoms with Gasteiger partial charge in [0.05, 0.1) is 12.8 Å². The van der Waals surface area contributed by atoms with E-state index in [9.17, 15) is 19.2 Å². The number of amides is 4. The zero-order valence-corrected chi connectivity index (χ0v) is 16.4. The lowest BCUT2D eigenvalue weighted by atomic mass is 10.1. The highest BCUT2D eigenvalue weighted by Gasteiger charge is 2.43. The van der Waals surface area contributed by atoms with E-state index in [4.69, 9.17) is 9.47 Å². The molecule has 9 heteroatoms. The molecule has 1 heterocycles.